The number of aryl methyl sites for hydroxylation is 1. The monoisotopic (exact) mass is 380 g/mol. The van der Waals surface area contributed by atoms with Crippen molar-refractivity contribution in [2.45, 2.75) is 56.8 Å². The van der Waals surface area contributed by atoms with Gasteiger partial charge in [0.05, 0.1) is 24.5 Å². The van der Waals surface area contributed by atoms with Crippen molar-refractivity contribution in [3.8, 4) is 11.8 Å². The molecule has 4 nitrogen and oxygen atoms in total. The van der Waals surface area contributed by atoms with E-state index in [-0.39, 0.29) is 11.8 Å². The van der Waals surface area contributed by atoms with Crippen LogP contribution in [0.2, 0.25) is 0 Å². The number of carboxylic acid groups (broad SMARTS) is 1. The summed E-state index contributed by atoms with van der Waals surface area (Å²) in [6.07, 6.45) is 6.39. The highest BCUT2D eigenvalue weighted by molar-refractivity contribution is 7.99. The number of hydrogen-bond acceptors (Lipinski definition) is 4. The van der Waals surface area contributed by atoms with Crippen molar-refractivity contribution in [3.63, 3.8) is 0 Å². The summed E-state index contributed by atoms with van der Waals surface area (Å²) < 4.78 is 0. The van der Waals surface area contributed by atoms with Gasteiger partial charge in [0.2, 0.25) is 0 Å². The number of rotatable bonds is 4. The first-order chi connectivity index (χ1) is 13.0. The van der Waals surface area contributed by atoms with Crippen molar-refractivity contribution in [1.82, 2.24) is 9.97 Å². The van der Waals surface area contributed by atoms with Gasteiger partial charge in [-0.05, 0) is 66.5 Å². The zero-order valence-electron chi connectivity index (χ0n) is 16.0. The van der Waals surface area contributed by atoms with Gasteiger partial charge < -0.3 is 5.11 Å². The molecule has 2 aromatic rings. The van der Waals surface area contributed by atoms with Gasteiger partial charge in [0, 0.05) is 10.5 Å². The molecule has 0 amide bonds. The Morgan fingerprint density at radius 3 is 2.63 bits per heavy atom. The average Bonchev–Trinajstić information content (AvgIpc) is 2.66. The first-order valence-corrected chi connectivity index (χ1v) is 10.3. The second-order valence-corrected chi connectivity index (χ2v) is 8.10. The molecule has 5 heteroatoms. The van der Waals surface area contributed by atoms with Crippen molar-refractivity contribution in [3.05, 3.63) is 52.6 Å². The van der Waals surface area contributed by atoms with Crippen LogP contribution in [0.1, 0.15) is 61.2 Å². The highest BCUT2D eigenvalue weighted by Crippen LogP contribution is 2.46. The predicted molar refractivity (Wildman–Crippen MR) is 108 cm³/mol. The Labute approximate surface area is 164 Å². The maximum atomic E-state index is 10.7. The van der Waals surface area contributed by atoms with Crippen LogP contribution in [0, 0.1) is 18.8 Å². The Balaban J connectivity index is 1.93. The van der Waals surface area contributed by atoms with E-state index < -0.39 is 5.97 Å². The third kappa shape index (κ3) is 4.17. The standard InChI is InChI=1S/C22H24N2O2S/c1-4-22(5-2)8-9-27-20-10-15(3)16(11-19(20)22)6-7-17-13-24-18(14-23-17)12-21(25)26/h10-11,13-14H,4-5,8-9,12H2,1-3H3,(H,25,26). The number of benzene rings is 1. The van der Waals surface area contributed by atoms with Gasteiger partial charge in [-0.15, -0.1) is 11.8 Å². The molecule has 0 bridgehead atoms. The van der Waals surface area contributed by atoms with E-state index >= 15 is 0 Å². The minimum absolute atomic E-state index is 0.127. The number of fused-ring (bicyclic) bond motifs is 1. The first kappa shape index (κ1) is 19.4. The van der Waals surface area contributed by atoms with Gasteiger partial charge in [-0.3, -0.25) is 9.78 Å². The zero-order valence-corrected chi connectivity index (χ0v) is 16.8. The molecule has 1 N–H and O–H groups in total. The number of aliphatic carboxylic acids is 1. The van der Waals surface area contributed by atoms with Gasteiger partial charge in [0.15, 0.2) is 0 Å². The molecule has 0 unspecified atom stereocenters. The molecule has 0 spiro atoms. The van der Waals surface area contributed by atoms with Gasteiger partial charge in [0.1, 0.15) is 5.69 Å². The summed E-state index contributed by atoms with van der Waals surface area (Å²) >= 11 is 1.95. The molecular formula is C22H24N2O2S. The second kappa shape index (κ2) is 8.14. The molecule has 140 valence electrons. The normalized spacial score (nSPS) is 14.8. The summed E-state index contributed by atoms with van der Waals surface area (Å²) in [5.74, 6) is 6.58. The van der Waals surface area contributed by atoms with Crippen LogP contribution in [0.4, 0.5) is 0 Å². The summed E-state index contributed by atoms with van der Waals surface area (Å²) in [5, 5.41) is 8.80. The largest absolute Gasteiger partial charge is 0.481 e. The molecule has 1 aliphatic heterocycles. The summed E-state index contributed by atoms with van der Waals surface area (Å²) in [6.45, 7) is 6.66. The van der Waals surface area contributed by atoms with E-state index in [1.807, 2.05) is 11.8 Å². The van der Waals surface area contributed by atoms with Crippen molar-refractivity contribution < 1.29 is 9.90 Å². The number of aromatic nitrogens is 2. The summed E-state index contributed by atoms with van der Waals surface area (Å²) in [4.78, 5) is 20.5. The topological polar surface area (TPSA) is 63.1 Å². The molecule has 0 fully saturated rings. The van der Waals surface area contributed by atoms with Gasteiger partial charge >= 0.3 is 5.97 Å². The lowest BCUT2D eigenvalue weighted by atomic mass is 9.73. The summed E-state index contributed by atoms with van der Waals surface area (Å²) in [6, 6.07) is 4.54. The van der Waals surface area contributed by atoms with Crippen LogP contribution in [0.3, 0.4) is 0 Å². The zero-order chi connectivity index (χ0) is 19.4. The number of carbonyl (C=O) groups is 1. The van der Waals surface area contributed by atoms with E-state index in [2.05, 4.69) is 54.7 Å². The number of carboxylic acids is 1. The van der Waals surface area contributed by atoms with E-state index in [1.54, 1.807) is 0 Å². The van der Waals surface area contributed by atoms with Gasteiger partial charge in [-0.2, -0.15) is 0 Å². The number of hydrogen-bond donors (Lipinski definition) is 1. The van der Waals surface area contributed by atoms with Gasteiger partial charge in [-0.1, -0.05) is 19.8 Å². The molecule has 3 rings (SSSR count). The Kier molecular flexibility index (Phi) is 5.86. The Hall–Kier alpha value is -2.32. The highest BCUT2D eigenvalue weighted by atomic mass is 32.2. The maximum Gasteiger partial charge on any atom is 0.309 e. The third-order valence-corrected chi connectivity index (χ3v) is 6.51. The minimum Gasteiger partial charge on any atom is -0.481 e. The quantitative estimate of drug-likeness (QED) is 0.798. The van der Waals surface area contributed by atoms with Crippen LogP contribution in [-0.4, -0.2) is 26.8 Å². The fourth-order valence-electron chi connectivity index (χ4n) is 3.62. The van der Waals surface area contributed by atoms with E-state index in [1.165, 1.54) is 40.6 Å². The summed E-state index contributed by atoms with van der Waals surface area (Å²) in [5.41, 5.74) is 4.87. The smallest absolute Gasteiger partial charge is 0.309 e. The summed E-state index contributed by atoms with van der Waals surface area (Å²) in [7, 11) is 0. The number of nitrogens with zero attached hydrogens (tertiary/aromatic N) is 2. The molecule has 1 aromatic heterocycles. The maximum absolute atomic E-state index is 10.7. The van der Waals surface area contributed by atoms with Crippen LogP contribution >= 0.6 is 11.8 Å². The molecule has 0 aliphatic carbocycles. The lowest BCUT2D eigenvalue weighted by Crippen LogP contribution is -2.29. The van der Waals surface area contributed by atoms with Crippen LogP contribution < -0.4 is 0 Å². The lowest BCUT2D eigenvalue weighted by Gasteiger charge is -2.38. The Morgan fingerprint density at radius 1 is 1.22 bits per heavy atom. The minimum atomic E-state index is -0.916. The molecule has 0 radical (unpaired) electrons. The van der Waals surface area contributed by atoms with E-state index in [0.717, 1.165) is 18.4 Å². The Morgan fingerprint density at radius 2 is 2.00 bits per heavy atom. The van der Waals surface area contributed by atoms with Crippen LogP contribution in [-0.2, 0) is 16.6 Å². The van der Waals surface area contributed by atoms with Crippen molar-refractivity contribution >= 4 is 17.7 Å². The average molecular weight is 381 g/mol. The third-order valence-electron chi connectivity index (χ3n) is 5.45. The van der Waals surface area contributed by atoms with Crippen molar-refractivity contribution in [2.24, 2.45) is 0 Å². The van der Waals surface area contributed by atoms with E-state index in [9.17, 15) is 4.79 Å². The molecule has 2 heterocycles. The molecule has 0 saturated heterocycles. The SMILES string of the molecule is CCC1(CC)CCSc2cc(C)c(C#Cc3cnc(CC(=O)O)cn3)cc21. The fraction of sp³-hybridized carbons (Fsp3) is 0.409. The van der Waals surface area contributed by atoms with Crippen molar-refractivity contribution in [1.29, 1.82) is 0 Å². The molecule has 0 atom stereocenters. The molecule has 1 aliphatic rings. The molecule has 0 saturated carbocycles. The van der Waals surface area contributed by atoms with Crippen molar-refractivity contribution in [2.75, 3.05) is 5.75 Å². The predicted octanol–water partition coefficient (Wildman–Crippen LogP) is 4.37. The fourth-order valence-corrected chi connectivity index (χ4v) is 5.03. The molecule has 1 aromatic carbocycles. The Bertz CT molecular complexity index is 906. The van der Waals surface area contributed by atoms with Gasteiger partial charge in [0.25, 0.3) is 0 Å². The first-order valence-electron chi connectivity index (χ1n) is 9.30. The van der Waals surface area contributed by atoms with Gasteiger partial charge in [-0.25, -0.2) is 4.98 Å². The van der Waals surface area contributed by atoms with Crippen LogP contribution in [0.25, 0.3) is 0 Å². The molecular weight excluding hydrogens is 356 g/mol. The molecule has 27 heavy (non-hydrogen) atoms. The van der Waals surface area contributed by atoms with E-state index in [4.69, 9.17) is 5.11 Å². The number of thioether (sulfide) groups is 1. The lowest BCUT2D eigenvalue weighted by molar-refractivity contribution is -0.136. The van der Waals surface area contributed by atoms with Crippen LogP contribution in [0.15, 0.2) is 29.4 Å². The highest BCUT2D eigenvalue weighted by Gasteiger charge is 2.34. The van der Waals surface area contributed by atoms with Crippen LogP contribution in [0.5, 0.6) is 0 Å². The second-order valence-electron chi connectivity index (χ2n) is 6.96. The van der Waals surface area contributed by atoms with E-state index in [0.29, 0.717) is 11.4 Å².